The molecule has 3 atom stereocenters. The highest BCUT2D eigenvalue weighted by Crippen LogP contribution is 2.36. The highest BCUT2D eigenvalue weighted by molar-refractivity contribution is 6.31. The Hall–Kier alpha value is -0.530. The summed E-state index contributed by atoms with van der Waals surface area (Å²) in [5, 5.41) is 4.63. The van der Waals surface area contributed by atoms with E-state index in [2.05, 4.69) is 44.3 Å². The van der Waals surface area contributed by atoms with E-state index in [1.807, 2.05) is 0 Å². The molecule has 1 N–H and O–H groups in total. The van der Waals surface area contributed by atoms with Crippen LogP contribution in [0.4, 0.5) is 0 Å². The van der Waals surface area contributed by atoms with Crippen LogP contribution in [0.15, 0.2) is 18.2 Å². The SMILES string of the molecule is CCNC(Cc1ccc(C)cc1Cl)C1CCC(CC)C1. The summed E-state index contributed by atoms with van der Waals surface area (Å²) in [5.41, 5.74) is 2.54. The summed E-state index contributed by atoms with van der Waals surface area (Å²) in [7, 11) is 0. The van der Waals surface area contributed by atoms with Crippen molar-refractivity contribution >= 4 is 11.6 Å². The molecule has 0 radical (unpaired) electrons. The minimum Gasteiger partial charge on any atom is -0.314 e. The average Bonchev–Trinajstić information content (AvgIpc) is 2.90. The third-order valence-corrected chi connectivity index (χ3v) is 5.19. The summed E-state index contributed by atoms with van der Waals surface area (Å²) in [6.07, 6.45) is 6.57. The molecule has 1 nitrogen and oxygen atoms in total. The molecule has 1 aromatic carbocycles. The summed E-state index contributed by atoms with van der Waals surface area (Å²) in [6, 6.07) is 7.04. The first-order valence-corrected chi connectivity index (χ1v) is 8.50. The molecule has 112 valence electrons. The Morgan fingerprint density at radius 1 is 1.30 bits per heavy atom. The van der Waals surface area contributed by atoms with Gasteiger partial charge in [-0.2, -0.15) is 0 Å². The van der Waals surface area contributed by atoms with Crippen LogP contribution in [0.5, 0.6) is 0 Å². The molecule has 0 saturated heterocycles. The van der Waals surface area contributed by atoms with E-state index in [0.717, 1.165) is 29.8 Å². The predicted molar refractivity (Wildman–Crippen MR) is 88.5 cm³/mol. The van der Waals surface area contributed by atoms with Crippen LogP contribution in [-0.4, -0.2) is 12.6 Å². The van der Waals surface area contributed by atoms with Crippen LogP contribution in [0.1, 0.15) is 50.7 Å². The number of aryl methyl sites for hydroxylation is 1. The van der Waals surface area contributed by atoms with Gasteiger partial charge < -0.3 is 5.32 Å². The second kappa shape index (κ2) is 7.47. The topological polar surface area (TPSA) is 12.0 Å². The van der Waals surface area contributed by atoms with Crippen molar-refractivity contribution in [3.63, 3.8) is 0 Å². The van der Waals surface area contributed by atoms with E-state index in [-0.39, 0.29) is 0 Å². The van der Waals surface area contributed by atoms with E-state index in [1.165, 1.54) is 36.8 Å². The molecular formula is C18H28ClN. The largest absolute Gasteiger partial charge is 0.314 e. The molecule has 0 spiro atoms. The lowest BCUT2D eigenvalue weighted by Crippen LogP contribution is -2.37. The van der Waals surface area contributed by atoms with E-state index in [1.54, 1.807) is 0 Å². The number of halogens is 1. The second-order valence-electron chi connectivity index (χ2n) is 6.31. The normalized spacial score (nSPS) is 24.0. The monoisotopic (exact) mass is 293 g/mol. The van der Waals surface area contributed by atoms with Crippen molar-refractivity contribution in [2.24, 2.45) is 11.8 Å². The van der Waals surface area contributed by atoms with Crippen LogP contribution in [0, 0.1) is 18.8 Å². The minimum absolute atomic E-state index is 0.580. The Morgan fingerprint density at radius 3 is 2.70 bits per heavy atom. The van der Waals surface area contributed by atoms with Gasteiger partial charge in [0, 0.05) is 11.1 Å². The molecule has 0 aromatic heterocycles. The van der Waals surface area contributed by atoms with E-state index in [0.29, 0.717) is 6.04 Å². The molecule has 20 heavy (non-hydrogen) atoms. The molecule has 3 unspecified atom stereocenters. The zero-order valence-electron chi connectivity index (χ0n) is 13.1. The van der Waals surface area contributed by atoms with Gasteiger partial charge in [0.1, 0.15) is 0 Å². The summed E-state index contributed by atoms with van der Waals surface area (Å²) in [4.78, 5) is 0. The van der Waals surface area contributed by atoms with Crippen molar-refractivity contribution in [1.82, 2.24) is 5.32 Å². The number of nitrogens with one attached hydrogen (secondary N) is 1. The van der Waals surface area contributed by atoms with Crippen molar-refractivity contribution in [1.29, 1.82) is 0 Å². The fraction of sp³-hybridized carbons (Fsp3) is 0.667. The predicted octanol–water partition coefficient (Wildman–Crippen LogP) is 5.00. The minimum atomic E-state index is 0.580. The highest BCUT2D eigenvalue weighted by Gasteiger charge is 2.29. The van der Waals surface area contributed by atoms with Gasteiger partial charge in [-0.05, 0) is 61.8 Å². The second-order valence-corrected chi connectivity index (χ2v) is 6.72. The van der Waals surface area contributed by atoms with Gasteiger partial charge in [0.2, 0.25) is 0 Å². The number of benzene rings is 1. The smallest absolute Gasteiger partial charge is 0.0441 e. The summed E-state index contributed by atoms with van der Waals surface area (Å²) >= 11 is 6.41. The fourth-order valence-electron chi connectivity index (χ4n) is 3.57. The molecule has 1 aliphatic rings. The van der Waals surface area contributed by atoms with Gasteiger partial charge >= 0.3 is 0 Å². The molecular weight excluding hydrogens is 266 g/mol. The van der Waals surface area contributed by atoms with Crippen molar-refractivity contribution in [2.45, 2.75) is 58.9 Å². The zero-order chi connectivity index (χ0) is 14.5. The van der Waals surface area contributed by atoms with Gasteiger partial charge in [-0.15, -0.1) is 0 Å². The molecule has 1 aromatic rings. The maximum Gasteiger partial charge on any atom is 0.0441 e. The van der Waals surface area contributed by atoms with Crippen molar-refractivity contribution < 1.29 is 0 Å². The van der Waals surface area contributed by atoms with E-state index < -0.39 is 0 Å². The average molecular weight is 294 g/mol. The van der Waals surface area contributed by atoms with E-state index >= 15 is 0 Å². The van der Waals surface area contributed by atoms with Crippen LogP contribution in [0.25, 0.3) is 0 Å². The van der Waals surface area contributed by atoms with Crippen LogP contribution in [-0.2, 0) is 6.42 Å². The maximum absolute atomic E-state index is 6.41. The summed E-state index contributed by atoms with van der Waals surface area (Å²) < 4.78 is 0. The number of rotatable bonds is 6. The van der Waals surface area contributed by atoms with Crippen molar-refractivity contribution in [3.05, 3.63) is 34.3 Å². The first kappa shape index (κ1) is 15.9. The van der Waals surface area contributed by atoms with E-state index in [9.17, 15) is 0 Å². The molecule has 2 heteroatoms. The lowest BCUT2D eigenvalue weighted by atomic mass is 9.90. The first-order valence-electron chi connectivity index (χ1n) is 8.12. The molecule has 1 aliphatic carbocycles. The lowest BCUT2D eigenvalue weighted by Gasteiger charge is -2.25. The zero-order valence-corrected chi connectivity index (χ0v) is 13.8. The van der Waals surface area contributed by atoms with Crippen LogP contribution in [0.3, 0.4) is 0 Å². The molecule has 1 saturated carbocycles. The maximum atomic E-state index is 6.41. The van der Waals surface area contributed by atoms with Gasteiger partial charge in [-0.1, -0.05) is 50.4 Å². The Labute approximate surface area is 129 Å². The van der Waals surface area contributed by atoms with Crippen molar-refractivity contribution in [2.75, 3.05) is 6.54 Å². The molecule has 0 aliphatic heterocycles. The number of hydrogen-bond donors (Lipinski definition) is 1. The summed E-state index contributed by atoms with van der Waals surface area (Å²) in [6.45, 7) is 7.67. The first-order chi connectivity index (χ1) is 9.63. The quantitative estimate of drug-likeness (QED) is 0.778. The van der Waals surface area contributed by atoms with Gasteiger partial charge in [0.05, 0.1) is 0 Å². The van der Waals surface area contributed by atoms with E-state index in [4.69, 9.17) is 11.6 Å². The van der Waals surface area contributed by atoms with Gasteiger partial charge in [-0.25, -0.2) is 0 Å². The fourth-order valence-corrected chi connectivity index (χ4v) is 3.88. The Balaban J connectivity index is 2.05. The van der Waals surface area contributed by atoms with Crippen LogP contribution < -0.4 is 5.32 Å². The molecule has 2 rings (SSSR count). The number of likely N-dealkylation sites (N-methyl/N-ethyl adjacent to an activating group) is 1. The Morgan fingerprint density at radius 2 is 2.10 bits per heavy atom. The molecule has 1 fully saturated rings. The standard InChI is InChI=1S/C18H28ClN/c1-4-14-7-9-16(11-14)18(20-5-2)12-15-8-6-13(3)10-17(15)19/h6,8,10,14,16,18,20H,4-5,7,9,11-12H2,1-3H3. The third-order valence-electron chi connectivity index (χ3n) is 4.84. The van der Waals surface area contributed by atoms with Gasteiger partial charge in [-0.3, -0.25) is 0 Å². The van der Waals surface area contributed by atoms with Gasteiger partial charge in [0.25, 0.3) is 0 Å². The van der Waals surface area contributed by atoms with Crippen LogP contribution >= 0.6 is 11.6 Å². The molecule has 0 heterocycles. The lowest BCUT2D eigenvalue weighted by molar-refractivity contribution is 0.349. The Kier molecular flexibility index (Phi) is 5.92. The van der Waals surface area contributed by atoms with Crippen molar-refractivity contribution in [3.8, 4) is 0 Å². The highest BCUT2D eigenvalue weighted by atomic mass is 35.5. The third kappa shape index (κ3) is 3.99. The van der Waals surface area contributed by atoms with Gasteiger partial charge in [0.15, 0.2) is 0 Å². The Bertz CT molecular complexity index is 429. The summed E-state index contributed by atoms with van der Waals surface area (Å²) in [5.74, 6) is 1.76. The number of hydrogen-bond acceptors (Lipinski definition) is 1. The van der Waals surface area contributed by atoms with Crippen LogP contribution in [0.2, 0.25) is 5.02 Å². The molecule has 0 bridgehead atoms. The molecule has 0 amide bonds.